The zero-order chi connectivity index (χ0) is 11.0. The van der Waals surface area contributed by atoms with Crippen molar-refractivity contribution in [2.24, 2.45) is 5.41 Å². The molecule has 0 aromatic rings. The fourth-order valence-corrected chi connectivity index (χ4v) is 1.13. The highest BCUT2D eigenvalue weighted by atomic mass is 19.4. The number of hydrogen-bond acceptors (Lipinski definition) is 2. The predicted octanol–water partition coefficient (Wildman–Crippen LogP) is 1.09. The molecule has 1 heterocycles. The standard InChI is InChI=1S/C8H12F3NO2/c1-5(7(2)3-14-4-7)12-6(13)8(9,10)11/h5H,3-4H2,1-2H3,(H,12,13). The van der Waals surface area contributed by atoms with E-state index >= 15 is 0 Å². The highest BCUT2D eigenvalue weighted by Crippen LogP contribution is 2.31. The SMILES string of the molecule is CC(NC(=O)C(F)(F)F)C1(C)COC1. The van der Waals surface area contributed by atoms with Gasteiger partial charge < -0.3 is 10.1 Å². The third kappa shape index (κ3) is 2.17. The van der Waals surface area contributed by atoms with Crippen LogP contribution in [0.1, 0.15) is 13.8 Å². The molecule has 0 saturated carbocycles. The Hall–Kier alpha value is -0.780. The fourth-order valence-electron chi connectivity index (χ4n) is 1.13. The summed E-state index contributed by atoms with van der Waals surface area (Å²) in [5.74, 6) is -1.89. The Labute approximate surface area is 79.6 Å². The van der Waals surface area contributed by atoms with Gasteiger partial charge in [-0.05, 0) is 6.92 Å². The van der Waals surface area contributed by atoms with Crippen LogP contribution in [0.3, 0.4) is 0 Å². The average Bonchev–Trinajstić information content (AvgIpc) is 1.98. The van der Waals surface area contributed by atoms with Gasteiger partial charge in [0.15, 0.2) is 0 Å². The first-order chi connectivity index (χ1) is 6.26. The van der Waals surface area contributed by atoms with Gasteiger partial charge in [-0.3, -0.25) is 4.79 Å². The van der Waals surface area contributed by atoms with Gasteiger partial charge in [-0.15, -0.1) is 0 Å². The van der Waals surface area contributed by atoms with E-state index in [1.807, 2.05) is 5.32 Å². The second kappa shape index (κ2) is 3.42. The van der Waals surface area contributed by atoms with E-state index in [2.05, 4.69) is 0 Å². The van der Waals surface area contributed by atoms with Crippen molar-refractivity contribution in [1.29, 1.82) is 0 Å². The summed E-state index contributed by atoms with van der Waals surface area (Å²) >= 11 is 0. The van der Waals surface area contributed by atoms with Crippen LogP contribution in [0.25, 0.3) is 0 Å². The zero-order valence-corrected chi connectivity index (χ0v) is 7.94. The van der Waals surface area contributed by atoms with Crippen molar-refractivity contribution in [3.8, 4) is 0 Å². The lowest BCUT2D eigenvalue weighted by atomic mass is 9.81. The molecule has 82 valence electrons. The number of carbonyl (C=O) groups excluding carboxylic acids is 1. The second-order valence-corrected chi connectivity index (χ2v) is 3.84. The molecule has 0 bridgehead atoms. The van der Waals surface area contributed by atoms with Crippen LogP contribution in [-0.2, 0) is 9.53 Å². The lowest BCUT2D eigenvalue weighted by Gasteiger charge is -2.43. The molecule has 0 spiro atoms. The summed E-state index contributed by atoms with van der Waals surface area (Å²) in [7, 11) is 0. The van der Waals surface area contributed by atoms with Gasteiger partial charge in [0.05, 0.1) is 13.2 Å². The molecule has 1 unspecified atom stereocenters. The summed E-state index contributed by atoms with van der Waals surface area (Å²) in [5, 5.41) is 1.92. The van der Waals surface area contributed by atoms with Gasteiger partial charge in [0, 0.05) is 11.5 Å². The highest BCUT2D eigenvalue weighted by Gasteiger charge is 2.44. The lowest BCUT2D eigenvalue weighted by Crippen LogP contribution is -2.56. The van der Waals surface area contributed by atoms with Gasteiger partial charge in [-0.25, -0.2) is 0 Å². The first-order valence-corrected chi connectivity index (χ1v) is 4.21. The summed E-state index contributed by atoms with van der Waals surface area (Å²) in [6.07, 6.45) is -4.81. The van der Waals surface area contributed by atoms with Crippen molar-refractivity contribution >= 4 is 5.91 Å². The van der Waals surface area contributed by atoms with Gasteiger partial charge in [0.25, 0.3) is 0 Å². The number of amides is 1. The third-order valence-electron chi connectivity index (χ3n) is 2.51. The van der Waals surface area contributed by atoms with Gasteiger partial charge in [0.2, 0.25) is 0 Å². The van der Waals surface area contributed by atoms with Crippen LogP contribution in [0.15, 0.2) is 0 Å². The average molecular weight is 211 g/mol. The van der Waals surface area contributed by atoms with E-state index in [0.29, 0.717) is 13.2 Å². The molecule has 1 atom stereocenters. The molecule has 1 aliphatic heterocycles. The Morgan fingerprint density at radius 1 is 1.50 bits per heavy atom. The number of nitrogens with one attached hydrogen (secondary N) is 1. The molecule has 1 rings (SSSR count). The van der Waals surface area contributed by atoms with Gasteiger partial charge in [-0.1, -0.05) is 6.92 Å². The Kier molecular flexibility index (Phi) is 2.76. The fraction of sp³-hybridized carbons (Fsp3) is 0.875. The smallest absolute Gasteiger partial charge is 0.380 e. The molecule has 1 fully saturated rings. The maximum Gasteiger partial charge on any atom is 0.471 e. The van der Waals surface area contributed by atoms with Crippen LogP contribution in [0, 0.1) is 5.41 Å². The third-order valence-corrected chi connectivity index (χ3v) is 2.51. The largest absolute Gasteiger partial charge is 0.471 e. The summed E-state index contributed by atoms with van der Waals surface area (Å²) in [6.45, 7) is 4.09. The number of ether oxygens (including phenoxy) is 1. The molecule has 0 radical (unpaired) electrons. The molecule has 1 saturated heterocycles. The van der Waals surface area contributed by atoms with E-state index in [0.717, 1.165) is 0 Å². The van der Waals surface area contributed by atoms with Crippen LogP contribution in [0.5, 0.6) is 0 Å². The Bertz CT molecular complexity index is 235. The normalized spacial score (nSPS) is 22.4. The van der Waals surface area contributed by atoms with Crippen LogP contribution < -0.4 is 5.32 Å². The van der Waals surface area contributed by atoms with Gasteiger partial charge in [0.1, 0.15) is 0 Å². The molecule has 1 amide bonds. The van der Waals surface area contributed by atoms with Crippen LogP contribution in [-0.4, -0.2) is 31.3 Å². The molecule has 3 nitrogen and oxygen atoms in total. The molecule has 0 aliphatic carbocycles. The van der Waals surface area contributed by atoms with Crippen molar-refractivity contribution in [3.63, 3.8) is 0 Å². The molecular weight excluding hydrogens is 199 g/mol. The first-order valence-electron chi connectivity index (χ1n) is 4.21. The maximum absolute atomic E-state index is 11.9. The minimum Gasteiger partial charge on any atom is -0.380 e. The molecule has 6 heteroatoms. The highest BCUT2D eigenvalue weighted by molar-refractivity contribution is 5.82. The quantitative estimate of drug-likeness (QED) is 0.742. The molecule has 1 N–H and O–H groups in total. The molecule has 14 heavy (non-hydrogen) atoms. The molecule has 0 aromatic heterocycles. The molecule has 1 aliphatic rings. The number of rotatable bonds is 2. The number of alkyl halides is 3. The van der Waals surface area contributed by atoms with E-state index in [1.165, 1.54) is 0 Å². The summed E-state index contributed by atoms with van der Waals surface area (Å²) in [4.78, 5) is 10.6. The van der Waals surface area contributed by atoms with E-state index < -0.39 is 18.1 Å². The maximum atomic E-state index is 11.9. The number of hydrogen-bond donors (Lipinski definition) is 1. The minimum absolute atomic E-state index is 0.374. The van der Waals surface area contributed by atoms with E-state index in [1.54, 1.807) is 13.8 Å². The van der Waals surface area contributed by atoms with Crippen molar-refractivity contribution in [3.05, 3.63) is 0 Å². The molecular formula is C8H12F3NO2. The van der Waals surface area contributed by atoms with E-state index in [4.69, 9.17) is 4.74 Å². The van der Waals surface area contributed by atoms with Crippen molar-refractivity contribution in [2.75, 3.05) is 13.2 Å². The van der Waals surface area contributed by atoms with Crippen LogP contribution in [0.4, 0.5) is 13.2 Å². The lowest BCUT2D eigenvalue weighted by molar-refractivity contribution is -0.178. The van der Waals surface area contributed by atoms with Crippen molar-refractivity contribution in [1.82, 2.24) is 5.32 Å². The Morgan fingerprint density at radius 3 is 2.29 bits per heavy atom. The summed E-state index contributed by atoms with van der Waals surface area (Å²) in [6, 6.07) is -0.537. The topological polar surface area (TPSA) is 38.3 Å². The van der Waals surface area contributed by atoms with Crippen LogP contribution >= 0.6 is 0 Å². The monoisotopic (exact) mass is 211 g/mol. The van der Waals surface area contributed by atoms with Gasteiger partial charge in [-0.2, -0.15) is 13.2 Å². The summed E-state index contributed by atoms with van der Waals surface area (Å²) < 4.78 is 40.5. The second-order valence-electron chi connectivity index (χ2n) is 3.84. The van der Waals surface area contributed by atoms with E-state index in [-0.39, 0.29) is 5.41 Å². The molecule has 0 aromatic carbocycles. The zero-order valence-electron chi connectivity index (χ0n) is 7.94. The van der Waals surface area contributed by atoms with Gasteiger partial charge >= 0.3 is 12.1 Å². The Balaban J connectivity index is 2.48. The predicted molar refractivity (Wildman–Crippen MR) is 42.6 cm³/mol. The summed E-state index contributed by atoms with van der Waals surface area (Å²) in [5.41, 5.74) is -0.374. The minimum atomic E-state index is -4.81. The van der Waals surface area contributed by atoms with Crippen LogP contribution in [0.2, 0.25) is 0 Å². The number of carbonyl (C=O) groups is 1. The van der Waals surface area contributed by atoms with E-state index in [9.17, 15) is 18.0 Å². The van der Waals surface area contributed by atoms with Crippen molar-refractivity contribution < 1.29 is 22.7 Å². The first kappa shape index (κ1) is 11.3. The van der Waals surface area contributed by atoms with Crippen molar-refractivity contribution in [2.45, 2.75) is 26.1 Å². The Morgan fingerprint density at radius 2 is 2.00 bits per heavy atom. The number of halogens is 3.